The molecule has 1 atom stereocenters. The third-order valence-electron chi connectivity index (χ3n) is 6.04. The summed E-state index contributed by atoms with van der Waals surface area (Å²) in [5.41, 5.74) is 0. The highest BCUT2D eigenvalue weighted by Crippen LogP contribution is 2.24. The molecule has 157 valence electrons. The second-order valence-corrected chi connectivity index (χ2v) is 8.74. The fourth-order valence-electron chi connectivity index (χ4n) is 4.18. The smallest absolute Gasteiger partial charge is 0.0414 e. The van der Waals surface area contributed by atoms with E-state index in [4.69, 9.17) is 0 Å². The van der Waals surface area contributed by atoms with Gasteiger partial charge in [0.25, 0.3) is 0 Å². The SMILES string of the molecule is [CH2]CCCCC(CCCCCC)CCCCCCCCCCCCCC. The summed E-state index contributed by atoms with van der Waals surface area (Å²) < 4.78 is 0. The topological polar surface area (TPSA) is 0 Å². The van der Waals surface area contributed by atoms with E-state index in [0.29, 0.717) is 0 Å². The maximum absolute atomic E-state index is 4.00. The van der Waals surface area contributed by atoms with Crippen molar-refractivity contribution < 1.29 is 0 Å². The Kier molecular flexibility index (Phi) is 23.0. The molecule has 1 radical (unpaired) electrons. The number of rotatable bonds is 22. The van der Waals surface area contributed by atoms with E-state index in [2.05, 4.69) is 20.8 Å². The zero-order valence-electron chi connectivity index (χ0n) is 18.8. The lowest BCUT2D eigenvalue weighted by molar-refractivity contribution is 0.369. The summed E-state index contributed by atoms with van der Waals surface area (Å²) in [4.78, 5) is 0. The summed E-state index contributed by atoms with van der Waals surface area (Å²) in [6.45, 7) is 8.63. The minimum atomic E-state index is 1.02. The lowest BCUT2D eigenvalue weighted by atomic mass is 9.90. The Morgan fingerprint density at radius 1 is 0.423 bits per heavy atom. The van der Waals surface area contributed by atoms with Crippen LogP contribution in [0.5, 0.6) is 0 Å². The van der Waals surface area contributed by atoms with Gasteiger partial charge in [0.2, 0.25) is 0 Å². The van der Waals surface area contributed by atoms with Gasteiger partial charge in [-0.15, -0.1) is 0 Å². The van der Waals surface area contributed by atoms with Crippen molar-refractivity contribution in [2.24, 2.45) is 5.92 Å². The molecule has 0 aliphatic heterocycles. The standard InChI is InChI=1S/C26H53/c1-4-7-10-12-13-14-15-16-17-18-19-22-25-26(23-20-9-6-3)24-21-11-8-5-2/h26H,3-25H2,1-2H3. The molecule has 0 rings (SSSR count). The van der Waals surface area contributed by atoms with Gasteiger partial charge in [0.1, 0.15) is 0 Å². The van der Waals surface area contributed by atoms with Crippen molar-refractivity contribution >= 4 is 0 Å². The van der Waals surface area contributed by atoms with Crippen LogP contribution in [0.4, 0.5) is 0 Å². The van der Waals surface area contributed by atoms with Crippen molar-refractivity contribution in [3.8, 4) is 0 Å². The van der Waals surface area contributed by atoms with Crippen molar-refractivity contribution in [3.63, 3.8) is 0 Å². The molecule has 0 fully saturated rings. The van der Waals surface area contributed by atoms with Gasteiger partial charge in [0.05, 0.1) is 0 Å². The van der Waals surface area contributed by atoms with E-state index in [0.717, 1.165) is 12.3 Å². The Bertz CT molecular complexity index is 232. The first kappa shape index (κ1) is 26.0. The molecule has 1 unspecified atom stereocenters. The molecular weight excluding hydrogens is 312 g/mol. The van der Waals surface area contributed by atoms with E-state index in [1.807, 2.05) is 0 Å². The van der Waals surface area contributed by atoms with Crippen LogP contribution in [0.15, 0.2) is 0 Å². The third kappa shape index (κ3) is 20.3. The summed E-state index contributed by atoms with van der Waals surface area (Å²) in [6, 6.07) is 0. The van der Waals surface area contributed by atoms with Crippen LogP contribution in [-0.4, -0.2) is 0 Å². The van der Waals surface area contributed by atoms with Crippen molar-refractivity contribution in [2.45, 2.75) is 155 Å². The monoisotopic (exact) mass is 365 g/mol. The molecule has 0 saturated carbocycles. The molecule has 0 bridgehead atoms. The zero-order valence-corrected chi connectivity index (χ0v) is 18.8. The fraction of sp³-hybridized carbons (Fsp3) is 0.962. The molecule has 0 heterocycles. The van der Waals surface area contributed by atoms with Crippen LogP contribution in [0.1, 0.15) is 155 Å². The number of unbranched alkanes of at least 4 members (excludes halogenated alkanes) is 16. The van der Waals surface area contributed by atoms with E-state index in [1.54, 1.807) is 0 Å². The Morgan fingerprint density at radius 3 is 1.12 bits per heavy atom. The predicted octanol–water partition coefficient (Wildman–Crippen LogP) is 10.1. The molecule has 26 heavy (non-hydrogen) atoms. The Morgan fingerprint density at radius 2 is 0.731 bits per heavy atom. The highest BCUT2D eigenvalue weighted by atomic mass is 14.1. The van der Waals surface area contributed by atoms with Gasteiger partial charge in [-0.25, -0.2) is 0 Å². The van der Waals surface area contributed by atoms with Crippen molar-refractivity contribution in [1.82, 2.24) is 0 Å². The van der Waals surface area contributed by atoms with E-state index in [-0.39, 0.29) is 0 Å². The molecule has 0 saturated heterocycles. The molecule has 0 amide bonds. The Balaban J connectivity index is 3.49. The summed E-state index contributed by atoms with van der Waals surface area (Å²) in [5.74, 6) is 1.02. The van der Waals surface area contributed by atoms with Gasteiger partial charge in [-0.2, -0.15) is 0 Å². The number of hydrogen-bond acceptors (Lipinski definition) is 0. The van der Waals surface area contributed by atoms with Crippen LogP contribution < -0.4 is 0 Å². The van der Waals surface area contributed by atoms with Gasteiger partial charge in [0, 0.05) is 0 Å². The van der Waals surface area contributed by atoms with Crippen molar-refractivity contribution in [1.29, 1.82) is 0 Å². The summed E-state index contributed by atoms with van der Waals surface area (Å²) in [7, 11) is 0. The van der Waals surface area contributed by atoms with Gasteiger partial charge < -0.3 is 0 Å². The average molecular weight is 366 g/mol. The lowest BCUT2D eigenvalue weighted by Gasteiger charge is -2.16. The molecule has 0 aromatic rings. The number of hydrogen-bond donors (Lipinski definition) is 0. The molecule has 0 aliphatic rings. The van der Waals surface area contributed by atoms with E-state index in [9.17, 15) is 0 Å². The second kappa shape index (κ2) is 23.0. The molecule has 0 N–H and O–H groups in total. The van der Waals surface area contributed by atoms with Crippen LogP contribution in [-0.2, 0) is 0 Å². The summed E-state index contributed by atoms with van der Waals surface area (Å²) >= 11 is 0. The van der Waals surface area contributed by atoms with Crippen LogP contribution in [0.3, 0.4) is 0 Å². The summed E-state index contributed by atoms with van der Waals surface area (Å²) in [5, 5.41) is 0. The van der Waals surface area contributed by atoms with Gasteiger partial charge in [0.15, 0.2) is 0 Å². The highest BCUT2D eigenvalue weighted by molar-refractivity contribution is 4.62. The molecule has 0 spiro atoms. The Hall–Kier alpha value is 0. The second-order valence-electron chi connectivity index (χ2n) is 8.74. The molecule has 0 heteroatoms. The van der Waals surface area contributed by atoms with Gasteiger partial charge in [-0.1, -0.05) is 162 Å². The fourth-order valence-corrected chi connectivity index (χ4v) is 4.18. The Labute approximate surface area is 168 Å². The first-order valence-electron chi connectivity index (χ1n) is 12.6. The van der Waals surface area contributed by atoms with Gasteiger partial charge in [-0.3, -0.25) is 0 Å². The maximum atomic E-state index is 4.00. The van der Waals surface area contributed by atoms with Crippen LogP contribution in [0.25, 0.3) is 0 Å². The first-order valence-corrected chi connectivity index (χ1v) is 12.6. The zero-order chi connectivity index (χ0) is 19.1. The van der Waals surface area contributed by atoms with Crippen molar-refractivity contribution in [3.05, 3.63) is 6.92 Å². The summed E-state index contributed by atoms with van der Waals surface area (Å²) in [6.07, 6.45) is 31.7. The average Bonchev–Trinajstić information content (AvgIpc) is 2.65. The molecular formula is C26H53. The van der Waals surface area contributed by atoms with Gasteiger partial charge >= 0.3 is 0 Å². The van der Waals surface area contributed by atoms with E-state index >= 15 is 0 Å². The molecule has 0 aromatic heterocycles. The van der Waals surface area contributed by atoms with E-state index in [1.165, 1.54) is 135 Å². The molecule has 0 nitrogen and oxygen atoms in total. The first-order chi connectivity index (χ1) is 12.8. The highest BCUT2D eigenvalue weighted by Gasteiger charge is 2.08. The minimum absolute atomic E-state index is 1.02. The van der Waals surface area contributed by atoms with Crippen LogP contribution in [0, 0.1) is 12.8 Å². The maximum Gasteiger partial charge on any atom is -0.0414 e. The predicted molar refractivity (Wildman–Crippen MR) is 122 cm³/mol. The quantitative estimate of drug-likeness (QED) is 0.167. The molecule has 0 aliphatic carbocycles. The van der Waals surface area contributed by atoms with Crippen LogP contribution >= 0.6 is 0 Å². The normalized spacial score (nSPS) is 12.6. The van der Waals surface area contributed by atoms with Crippen molar-refractivity contribution in [2.75, 3.05) is 0 Å². The largest absolute Gasteiger partial charge is 0.0654 e. The van der Waals surface area contributed by atoms with Gasteiger partial charge in [-0.05, 0) is 5.92 Å². The van der Waals surface area contributed by atoms with E-state index < -0.39 is 0 Å². The molecule has 0 aromatic carbocycles. The lowest BCUT2D eigenvalue weighted by Crippen LogP contribution is -2.01. The minimum Gasteiger partial charge on any atom is -0.0654 e. The third-order valence-corrected chi connectivity index (χ3v) is 6.04. The van der Waals surface area contributed by atoms with Crippen LogP contribution in [0.2, 0.25) is 0 Å².